The first kappa shape index (κ1) is 18.9. The minimum absolute atomic E-state index is 0.0221. The predicted octanol–water partition coefficient (Wildman–Crippen LogP) is 3.83. The van der Waals surface area contributed by atoms with E-state index in [1.54, 1.807) is 0 Å². The molecule has 2 aromatic carbocycles. The summed E-state index contributed by atoms with van der Waals surface area (Å²) in [4.78, 5) is 2.11. The van der Waals surface area contributed by atoms with Crippen molar-refractivity contribution in [2.24, 2.45) is 5.73 Å². The first-order valence-corrected chi connectivity index (χ1v) is 10.1. The van der Waals surface area contributed by atoms with E-state index in [0.717, 1.165) is 42.8 Å². The first-order valence-electron chi connectivity index (χ1n) is 9.72. The van der Waals surface area contributed by atoms with Crippen molar-refractivity contribution in [2.45, 2.75) is 49.7 Å². The highest BCUT2D eigenvalue weighted by molar-refractivity contribution is 6.30. The molecule has 2 aromatic rings. The van der Waals surface area contributed by atoms with E-state index < -0.39 is 6.41 Å². The van der Waals surface area contributed by atoms with Gasteiger partial charge in [-0.15, -0.1) is 0 Å². The Morgan fingerprint density at radius 3 is 2.52 bits per heavy atom. The third-order valence-electron chi connectivity index (χ3n) is 6.33. The van der Waals surface area contributed by atoms with Crippen molar-refractivity contribution >= 4 is 11.6 Å². The molecule has 2 aliphatic rings. The summed E-state index contributed by atoms with van der Waals surface area (Å²) in [5.74, 6) is 0. The average Bonchev–Trinajstić information content (AvgIpc) is 3.10. The lowest BCUT2D eigenvalue weighted by Gasteiger charge is -2.43. The highest BCUT2D eigenvalue weighted by atomic mass is 35.5. The van der Waals surface area contributed by atoms with Crippen LogP contribution in [0.5, 0.6) is 0 Å². The minimum Gasteiger partial charge on any atom is -0.356 e. The van der Waals surface area contributed by atoms with Crippen LogP contribution in [0.25, 0.3) is 0 Å². The van der Waals surface area contributed by atoms with E-state index in [2.05, 4.69) is 23.1 Å². The van der Waals surface area contributed by atoms with Crippen LogP contribution in [-0.2, 0) is 10.2 Å². The zero-order valence-corrected chi connectivity index (χ0v) is 16.2. The van der Waals surface area contributed by atoms with E-state index in [9.17, 15) is 5.11 Å². The first-order chi connectivity index (χ1) is 13.1. The van der Waals surface area contributed by atoms with Gasteiger partial charge in [-0.05, 0) is 48.9 Å². The molecule has 1 aliphatic heterocycles. The zero-order valence-electron chi connectivity index (χ0n) is 15.4. The van der Waals surface area contributed by atoms with Crippen LogP contribution in [0.4, 0.5) is 0 Å². The van der Waals surface area contributed by atoms with E-state index in [-0.39, 0.29) is 11.5 Å². The standard InChI is InChI=1S/C22H27ClN2O2/c23-18-8-4-7-17(13-18)22(15-24)11-9-19(10-12-22)25-14-20(27-21(25)26)16-5-2-1-3-6-16/h1-8,13,19-21,26H,9-12,14-15,24H2/t19?,20-,21?,22?/m0/s1. The van der Waals surface area contributed by atoms with Crippen molar-refractivity contribution in [3.05, 3.63) is 70.7 Å². The number of aliphatic hydroxyl groups excluding tert-OH is 1. The summed E-state index contributed by atoms with van der Waals surface area (Å²) in [6.07, 6.45) is 3.06. The van der Waals surface area contributed by atoms with Gasteiger partial charge in [-0.1, -0.05) is 54.1 Å². The normalized spacial score (nSPS) is 31.9. The van der Waals surface area contributed by atoms with Gasteiger partial charge in [-0.2, -0.15) is 0 Å². The second-order valence-corrected chi connectivity index (χ2v) is 8.22. The molecule has 4 nitrogen and oxygen atoms in total. The molecule has 5 heteroatoms. The Balaban J connectivity index is 1.44. The predicted molar refractivity (Wildman–Crippen MR) is 107 cm³/mol. The van der Waals surface area contributed by atoms with Crippen LogP contribution in [0.15, 0.2) is 54.6 Å². The van der Waals surface area contributed by atoms with Crippen LogP contribution in [0.1, 0.15) is 42.9 Å². The summed E-state index contributed by atoms with van der Waals surface area (Å²) in [5.41, 5.74) is 8.54. The SMILES string of the molecule is NCC1(c2cccc(Cl)c2)CCC(N2C[C@@H](c3ccccc3)OC2O)CC1. The average molecular weight is 387 g/mol. The summed E-state index contributed by atoms with van der Waals surface area (Å²) in [6, 6.07) is 18.5. The summed E-state index contributed by atoms with van der Waals surface area (Å²) in [6.45, 7) is 1.34. The van der Waals surface area contributed by atoms with Gasteiger partial charge in [0.2, 0.25) is 6.41 Å². The Morgan fingerprint density at radius 2 is 1.85 bits per heavy atom. The van der Waals surface area contributed by atoms with Gasteiger partial charge in [-0.3, -0.25) is 0 Å². The van der Waals surface area contributed by atoms with Crippen molar-refractivity contribution in [3.8, 4) is 0 Å². The maximum absolute atomic E-state index is 10.5. The maximum Gasteiger partial charge on any atom is 0.217 e. The molecule has 4 rings (SSSR count). The minimum atomic E-state index is -0.836. The van der Waals surface area contributed by atoms with Gasteiger partial charge in [0, 0.05) is 29.6 Å². The third-order valence-corrected chi connectivity index (χ3v) is 6.56. The lowest BCUT2D eigenvalue weighted by molar-refractivity contribution is -0.164. The van der Waals surface area contributed by atoms with E-state index >= 15 is 0 Å². The molecule has 27 heavy (non-hydrogen) atoms. The molecule has 1 heterocycles. The Morgan fingerprint density at radius 1 is 1.11 bits per heavy atom. The number of rotatable bonds is 4. The highest BCUT2D eigenvalue weighted by Gasteiger charge is 2.42. The lowest BCUT2D eigenvalue weighted by atomic mass is 9.68. The number of halogens is 1. The summed E-state index contributed by atoms with van der Waals surface area (Å²) >= 11 is 6.21. The van der Waals surface area contributed by atoms with E-state index in [1.165, 1.54) is 5.56 Å². The number of nitrogens with two attached hydrogens (primary N) is 1. The fourth-order valence-corrected chi connectivity index (χ4v) is 4.84. The molecular formula is C22H27ClN2O2. The molecule has 0 bridgehead atoms. The number of hydrogen-bond donors (Lipinski definition) is 2. The molecule has 1 unspecified atom stereocenters. The number of aliphatic hydroxyl groups is 1. The Labute approximate surface area is 165 Å². The third kappa shape index (κ3) is 3.78. The molecule has 1 saturated carbocycles. The molecular weight excluding hydrogens is 360 g/mol. The van der Waals surface area contributed by atoms with Gasteiger partial charge < -0.3 is 15.6 Å². The Bertz CT molecular complexity index is 762. The number of hydrogen-bond acceptors (Lipinski definition) is 4. The molecule has 0 spiro atoms. The number of ether oxygens (including phenoxy) is 1. The molecule has 2 fully saturated rings. The highest BCUT2D eigenvalue weighted by Crippen LogP contribution is 2.42. The summed E-state index contributed by atoms with van der Waals surface area (Å²) < 4.78 is 5.83. The van der Waals surface area contributed by atoms with E-state index in [4.69, 9.17) is 22.1 Å². The zero-order chi connectivity index (χ0) is 18.9. The molecule has 1 aliphatic carbocycles. The molecule has 3 N–H and O–H groups in total. The van der Waals surface area contributed by atoms with Crippen molar-refractivity contribution in [2.75, 3.05) is 13.1 Å². The molecule has 0 amide bonds. The van der Waals surface area contributed by atoms with Crippen molar-refractivity contribution in [3.63, 3.8) is 0 Å². The van der Waals surface area contributed by atoms with Crippen LogP contribution >= 0.6 is 11.6 Å². The van der Waals surface area contributed by atoms with Gasteiger partial charge in [0.15, 0.2) is 0 Å². The quantitative estimate of drug-likeness (QED) is 0.838. The van der Waals surface area contributed by atoms with Crippen LogP contribution < -0.4 is 5.73 Å². The summed E-state index contributed by atoms with van der Waals surface area (Å²) in [7, 11) is 0. The Hall–Kier alpha value is -1.43. The monoisotopic (exact) mass is 386 g/mol. The van der Waals surface area contributed by atoms with Crippen LogP contribution in [-0.4, -0.2) is 35.6 Å². The van der Waals surface area contributed by atoms with Crippen LogP contribution in [0, 0.1) is 0 Å². The molecule has 0 aromatic heterocycles. The molecule has 0 radical (unpaired) electrons. The van der Waals surface area contributed by atoms with Crippen LogP contribution in [0.2, 0.25) is 5.02 Å². The van der Waals surface area contributed by atoms with Crippen molar-refractivity contribution in [1.29, 1.82) is 0 Å². The summed E-state index contributed by atoms with van der Waals surface area (Å²) in [5, 5.41) is 11.2. The lowest BCUT2D eigenvalue weighted by Crippen LogP contribution is -2.47. The smallest absolute Gasteiger partial charge is 0.217 e. The fraction of sp³-hybridized carbons (Fsp3) is 0.455. The topological polar surface area (TPSA) is 58.7 Å². The van der Waals surface area contributed by atoms with Gasteiger partial charge in [0.1, 0.15) is 0 Å². The second kappa shape index (κ2) is 7.90. The maximum atomic E-state index is 10.5. The molecule has 1 saturated heterocycles. The van der Waals surface area contributed by atoms with Gasteiger partial charge in [-0.25, -0.2) is 4.90 Å². The second-order valence-electron chi connectivity index (χ2n) is 7.78. The van der Waals surface area contributed by atoms with Gasteiger partial charge >= 0.3 is 0 Å². The van der Waals surface area contributed by atoms with Gasteiger partial charge in [0.05, 0.1) is 6.10 Å². The number of nitrogens with zero attached hydrogens (tertiary/aromatic N) is 1. The van der Waals surface area contributed by atoms with Crippen molar-refractivity contribution < 1.29 is 9.84 Å². The number of benzene rings is 2. The van der Waals surface area contributed by atoms with E-state index in [0.29, 0.717) is 12.6 Å². The Kier molecular flexibility index (Phi) is 5.53. The van der Waals surface area contributed by atoms with E-state index in [1.807, 2.05) is 36.4 Å². The fourth-order valence-electron chi connectivity index (χ4n) is 4.65. The van der Waals surface area contributed by atoms with Crippen LogP contribution in [0.3, 0.4) is 0 Å². The van der Waals surface area contributed by atoms with Crippen molar-refractivity contribution in [1.82, 2.24) is 4.90 Å². The van der Waals surface area contributed by atoms with Gasteiger partial charge in [0.25, 0.3) is 0 Å². The largest absolute Gasteiger partial charge is 0.356 e. The molecule has 2 atom stereocenters. The molecule has 144 valence electrons.